The van der Waals surface area contributed by atoms with Gasteiger partial charge in [-0.15, -0.1) is 0 Å². The van der Waals surface area contributed by atoms with Crippen molar-refractivity contribution in [2.45, 2.75) is 5.41 Å². The zero-order valence-electron chi connectivity index (χ0n) is 25.6. The maximum absolute atomic E-state index is 5.42. The van der Waals surface area contributed by atoms with Gasteiger partial charge < -0.3 is 0 Å². The first kappa shape index (κ1) is 26.1. The van der Waals surface area contributed by atoms with Gasteiger partial charge in [0, 0.05) is 16.5 Å². The molecular weight excluding hydrogens is 569 g/mol. The molecule has 0 fully saturated rings. The summed E-state index contributed by atoms with van der Waals surface area (Å²) < 4.78 is 0. The summed E-state index contributed by atoms with van der Waals surface area (Å²) >= 11 is 0. The fourth-order valence-electron chi connectivity index (χ4n) is 8.22. The number of nitrogens with zero attached hydrogens (tertiary/aromatic N) is 2. The monoisotopic (exact) mass is 596 g/mol. The van der Waals surface area contributed by atoms with Crippen LogP contribution in [-0.2, 0) is 5.41 Å². The Bertz CT molecular complexity index is 2480. The Morgan fingerprint density at radius 1 is 0.362 bits per heavy atom. The summed E-state index contributed by atoms with van der Waals surface area (Å²) in [6.07, 6.45) is 0. The van der Waals surface area contributed by atoms with Crippen molar-refractivity contribution in [3.63, 3.8) is 0 Å². The van der Waals surface area contributed by atoms with Crippen LogP contribution in [-0.4, -0.2) is 9.97 Å². The molecule has 2 aliphatic carbocycles. The van der Waals surface area contributed by atoms with Crippen LogP contribution in [0.15, 0.2) is 170 Å². The van der Waals surface area contributed by atoms with Gasteiger partial charge >= 0.3 is 0 Å². The van der Waals surface area contributed by atoms with E-state index in [9.17, 15) is 0 Å². The Balaban J connectivity index is 1.26. The number of para-hydroxylation sites is 1. The van der Waals surface area contributed by atoms with Crippen LogP contribution in [0.5, 0.6) is 0 Å². The number of rotatable bonds is 3. The van der Waals surface area contributed by atoms with Crippen molar-refractivity contribution in [3.8, 4) is 56.0 Å². The van der Waals surface area contributed by atoms with Crippen molar-refractivity contribution >= 4 is 10.9 Å². The molecular formula is C45H28N2. The lowest BCUT2D eigenvalue weighted by Crippen LogP contribution is -2.25. The minimum absolute atomic E-state index is 0.398. The van der Waals surface area contributed by atoms with Crippen LogP contribution in [0.1, 0.15) is 22.3 Å². The van der Waals surface area contributed by atoms with E-state index < -0.39 is 5.41 Å². The minimum Gasteiger partial charge on any atom is -0.228 e. The van der Waals surface area contributed by atoms with Crippen molar-refractivity contribution in [3.05, 3.63) is 192 Å². The lowest BCUT2D eigenvalue weighted by atomic mass is 9.70. The predicted molar refractivity (Wildman–Crippen MR) is 192 cm³/mol. The Morgan fingerprint density at radius 2 is 0.894 bits per heavy atom. The van der Waals surface area contributed by atoms with E-state index in [1.54, 1.807) is 0 Å². The number of hydrogen-bond acceptors (Lipinski definition) is 2. The third kappa shape index (κ3) is 3.61. The molecule has 0 saturated heterocycles. The van der Waals surface area contributed by atoms with Crippen molar-refractivity contribution in [2.75, 3.05) is 0 Å². The summed E-state index contributed by atoms with van der Waals surface area (Å²) in [5.41, 5.74) is 16.4. The molecule has 0 bridgehead atoms. The zero-order chi connectivity index (χ0) is 31.0. The maximum atomic E-state index is 5.42. The molecule has 10 rings (SSSR count). The van der Waals surface area contributed by atoms with Gasteiger partial charge in [-0.2, -0.15) is 0 Å². The largest absolute Gasteiger partial charge is 0.228 e. The zero-order valence-corrected chi connectivity index (χ0v) is 25.6. The quantitative estimate of drug-likeness (QED) is 0.203. The van der Waals surface area contributed by atoms with Gasteiger partial charge in [0.1, 0.15) is 0 Å². The van der Waals surface area contributed by atoms with Crippen LogP contribution in [0.3, 0.4) is 0 Å². The highest BCUT2D eigenvalue weighted by Gasteiger charge is 2.52. The Kier molecular flexibility index (Phi) is 5.53. The van der Waals surface area contributed by atoms with Crippen LogP contribution in [0.4, 0.5) is 0 Å². The average Bonchev–Trinajstić information content (AvgIpc) is 3.62. The van der Waals surface area contributed by atoms with Gasteiger partial charge in [-0.3, -0.25) is 0 Å². The second kappa shape index (κ2) is 9.94. The summed E-state index contributed by atoms with van der Waals surface area (Å²) in [6.45, 7) is 0. The van der Waals surface area contributed by atoms with E-state index in [0.29, 0.717) is 0 Å². The van der Waals surface area contributed by atoms with Crippen LogP contribution in [0.25, 0.3) is 66.9 Å². The van der Waals surface area contributed by atoms with E-state index in [4.69, 9.17) is 9.97 Å². The molecule has 1 aromatic heterocycles. The minimum atomic E-state index is -0.398. The molecule has 0 amide bonds. The Morgan fingerprint density at radius 3 is 1.66 bits per heavy atom. The highest BCUT2D eigenvalue weighted by Crippen LogP contribution is 2.64. The highest BCUT2D eigenvalue weighted by atomic mass is 14.9. The summed E-state index contributed by atoms with van der Waals surface area (Å²) in [5.74, 6) is 0.728. The van der Waals surface area contributed by atoms with Gasteiger partial charge in [-0.05, 0) is 67.8 Å². The van der Waals surface area contributed by atoms with E-state index in [-0.39, 0.29) is 0 Å². The van der Waals surface area contributed by atoms with Crippen molar-refractivity contribution in [1.82, 2.24) is 9.97 Å². The molecule has 1 spiro atoms. The summed E-state index contributed by atoms with van der Waals surface area (Å²) in [5, 5.41) is 1.05. The fraction of sp³-hybridized carbons (Fsp3) is 0.0222. The second-order valence-electron chi connectivity index (χ2n) is 12.5. The first-order valence-electron chi connectivity index (χ1n) is 16.2. The van der Waals surface area contributed by atoms with E-state index in [0.717, 1.165) is 39.1 Å². The molecule has 0 N–H and O–H groups in total. The topological polar surface area (TPSA) is 25.8 Å². The van der Waals surface area contributed by atoms with Crippen LogP contribution >= 0.6 is 0 Å². The molecule has 0 unspecified atom stereocenters. The molecule has 2 nitrogen and oxygen atoms in total. The van der Waals surface area contributed by atoms with E-state index in [2.05, 4.69) is 170 Å². The van der Waals surface area contributed by atoms with E-state index >= 15 is 0 Å². The third-order valence-electron chi connectivity index (χ3n) is 10.1. The van der Waals surface area contributed by atoms with Crippen molar-refractivity contribution in [1.29, 1.82) is 0 Å². The first-order chi connectivity index (χ1) is 23.3. The van der Waals surface area contributed by atoms with E-state index in [1.807, 2.05) is 0 Å². The molecule has 2 aliphatic rings. The van der Waals surface area contributed by atoms with Gasteiger partial charge in [0.25, 0.3) is 0 Å². The van der Waals surface area contributed by atoms with Crippen LogP contribution < -0.4 is 0 Å². The van der Waals surface area contributed by atoms with Crippen LogP contribution in [0.2, 0.25) is 0 Å². The molecule has 1 heterocycles. The summed E-state index contributed by atoms with van der Waals surface area (Å²) in [6, 6.07) is 61.2. The fourth-order valence-corrected chi connectivity index (χ4v) is 8.22. The van der Waals surface area contributed by atoms with Crippen LogP contribution in [0, 0.1) is 0 Å². The number of aromatic nitrogens is 2. The second-order valence-corrected chi connectivity index (χ2v) is 12.5. The predicted octanol–water partition coefficient (Wildman–Crippen LogP) is 11.0. The van der Waals surface area contributed by atoms with Crippen molar-refractivity contribution in [2.24, 2.45) is 0 Å². The van der Waals surface area contributed by atoms with Gasteiger partial charge in [0.2, 0.25) is 0 Å². The van der Waals surface area contributed by atoms with E-state index in [1.165, 1.54) is 50.1 Å². The lowest BCUT2D eigenvalue weighted by Gasteiger charge is -2.30. The first-order valence-corrected chi connectivity index (χ1v) is 16.2. The van der Waals surface area contributed by atoms with Gasteiger partial charge in [0.15, 0.2) is 5.82 Å². The molecule has 2 heteroatoms. The SMILES string of the molecule is c1ccc(-c2cccc(-c3nc(-c4cccc5c4-c4ccccc4C54c5ccccc5-c5ccccc54)c4ccccc4n3)c2)cc1. The molecule has 0 saturated carbocycles. The highest BCUT2D eigenvalue weighted by molar-refractivity contribution is 6.04. The Labute approximate surface area is 273 Å². The molecule has 7 aromatic carbocycles. The summed E-state index contributed by atoms with van der Waals surface area (Å²) in [7, 11) is 0. The molecule has 218 valence electrons. The molecule has 8 aromatic rings. The van der Waals surface area contributed by atoms with Gasteiger partial charge in [-0.25, -0.2) is 9.97 Å². The standard InChI is InChI=1S/C45H28N2/c1-2-14-29(15-3-1)30-16-12-17-31(28-30)44-46-41-27-11-7-21-35(41)43(47-44)36-22-13-26-40-42(36)34-20-6-10-25-39(34)45(40)37-23-8-4-18-32(37)33-19-5-9-24-38(33)45/h1-28H. The van der Waals surface area contributed by atoms with Gasteiger partial charge in [-0.1, -0.05) is 158 Å². The summed E-state index contributed by atoms with van der Waals surface area (Å²) in [4.78, 5) is 10.5. The number of fused-ring (bicyclic) bond motifs is 11. The third-order valence-corrected chi connectivity index (χ3v) is 10.1. The molecule has 0 atom stereocenters. The lowest BCUT2D eigenvalue weighted by molar-refractivity contribution is 0.794. The molecule has 0 radical (unpaired) electrons. The Hall–Kier alpha value is -6.12. The normalized spacial score (nSPS) is 13.3. The number of benzene rings is 7. The maximum Gasteiger partial charge on any atom is 0.160 e. The smallest absolute Gasteiger partial charge is 0.160 e. The molecule has 0 aliphatic heterocycles. The molecule has 47 heavy (non-hydrogen) atoms. The van der Waals surface area contributed by atoms with Crippen molar-refractivity contribution < 1.29 is 0 Å². The average molecular weight is 597 g/mol. The van der Waals surface area contributed by atoms with Gasteiger partial charge in [0.05, 0.1) is 16.6 Å². The number of hydrogen-bond donors (Lipinski definition) is 0.